The number of likely N-dealkylation sites (tertiary alicyclic amines) is 1. The number of non-ortho nitro benzene ring substituents is 1. The second kappa shape index (κ2) is 6.14. The summed E-state index contributed by atoms with van der Waals surface area (Å²) in [5.41, 5.74) is 1.44. The molecule has 2 fully saturated rings. The van der Waals surface area contributed by atoms with E-state index < -0.39 is 0 Å². The van der Waals surface area contributed by atoms with E-state index in [2.05, 4.69) is 11.0 Å². The van der Waals surface area contributed by atoms with Crippen molar-refractivity contribution < 1.29 is 4.92 Å². The van der Waals surface area contributed by atoms with Crippen LogP contribution in [0.2, 0.25) is 0 Å². The second-order valence-electron chi connectivity index (χ2n) is 6.45. The van der Waals surface area contributed by atoms with E-state index in [4.69, 9.17) is 0 Å². The highest BCUT2D eigenvalue weighted by Crippen LogP contribution is 2.44. The molecule has 114 valence electrons. The smallest absolute Gasteiger partial charge is 0.269 e. The third-order valence-corrected chi connectivity index (χ3v) is 5.24. The van der Waals surface area contributed by atoms with Crippen LogP contribution < -0.4 is 0 Å². The summed E-state index contributed by atoms with van der Waals surface area (Å²) in [7, 11) is 0. The summed E-state index contributed by atoms with van der Waals surface area (Å²) in [6.45, 7) is 2.28. The van der Waals surface area contributed by atoms with Crippen molar-refractivity contribution in [3.05, 3.63) is 39.9 Å². The normalized spacial score (nSPS) is 22.9. The van der Waals surface area contributed by atoms with Crippen molar-refractivity contribution in [1.82, 2.24) is 4.90 Å². The Morgan fingerprint density at radius 2 is 1.67 bits per heavy atom. The number of benzene rings is 1. The van der Waals surface area contributed by atoms with E-state index in [0.717, 1.165) is 25.9 Å². The lowest BCUT2D eigenvalue weighted by atomic mass is 9.74. The fourth-order valence-corrected chi connectivity index (χ4v) is 4.16. The van der Waals surface area contributed by atoms with Gasteiger partial charge in [-0.2, -0.15) is 0 Å². The average Bonchev–Trinajstić information content (AvgIpc) is 2.56. The maximum absolute atomic E-state index is 11.1. The molecular formula is C17H24N2O2. The van der Waals surface area contributed by atoms with Crippen molar-refractivity contribution in [3.63, 3.8) is 0 Å². The third kappa shape index (κ3) is 2.82. The molecule has 0 aromatic heterocycles. The number of rotatable bonds is 3. The van der Waals surface area contributed by atoms with Gasteiger partial charge in [-0.1, -0.05) is 37.8 Å². The lowest BCUT2D eigenvalue weighted by molar-refractivity contribution is -0.385. The molecule has 0 spiro atoms. The van der Waals surface area contributed by atoms with Crippen LogP contribution in [0, 0.1) is 10.1 Å². The van der Waals surface area contributed by atoms with Crippen molar-refractivity contribution in [3.8, 4) is 0 Å². The summed E-state index contributed by atoms with van der Waals surface area (Å²) in [6.07, 6.45) is 9.90. The van der Waals surface area contributed by atoms with Gasteiger partial charge in [-0.3, -0.25) is 15.0 Å². The Labute approximate surface area is 126 Å². The number of nitrogens with zero attached hydrogens (tertiary/aromatic N) is 2. The van der Waals surface area contributed by atoms with Crippen LogP contribution in [0.3, 0.4) is 0 Å². The van der Waals surface area contributed by atoms with E-state index in [9.17, 15) is 10.1 Å². The second-order valence-corrected chi connectivity index (χ2v) is 6.45. The molecule has 0 unspecified atom stereocenters. The minimum absolute atomic E-state index is 0.0463. The van der Waals surface area contributed by atoms with Gasteiger partial charge in [0.25, 0.3) is 5.69 Å². The molecule has 21 heavy (non-hydrogen) atoms. The lowest BCUT2D eigenvalue weighted by Gasteiger charge is -2.48. The molecule has 0 bridgehead atoms. The van der Waals surface area contributed by atoms with Crippen LogP contribution in [0.4, 0.5) is 5.69 Å². The molecule has 1 heterocycles. The van der Waals surface area contributed by atoms with Crippen molar-refractivity contribution in [1.29, 1.82) is 0 Å². The van der Waals surface area contributed by atoms with E-state index in [1.165, 1.54) is 44.1 Å². The highest BCUT2D eigenvalue weighted by atomic mass is 16.6. The molecule has 2 aliphatic rings. The largest absolute Gasteiger partial charge is 0.294 e. The summed E-state index contributed by atoms with van der Waals surface area (Å²) < 4.78 is 0. The predicted molar refractivity (Wildman–Crippen MR) is 83.3 cm³/mol. The van der Waals surface area contributed by atoms with Crippen LogP contribution in [0.1, 0.15) is 56.9 Å². The average molecular weight is 288 g/mol. The molecule has 1 aliphatic heterocycles. The molecular weight excluding hydrogens is 264 g/mol. The molecule has 3 rings (SSSR count). The molecule has 0 atom stereocenters. The number of nitro groups is 1. The molecule has 0 amide bonds. The first-order valence-corrected chi connectivity index (χ1v) is 8.22. The predicted octanol–water partition coefficient (Wildman–Crippen LogP) is 4.24. The van der Waals surface area contributed by atoms with Gasteiger partial charge in [0.1, 0.15) is 0 Å². The van der Waals surface area contributed by atoms with Gasteiger partial charge in [0.2, 0.25) is 0 Å². The molecule has 1 saturated carbocycles. The number of nitro benzene ring substituents is 1. The molecule has 4 heteroatoms. The maximum Gasteiger partial charge on any atom is 0.269 e. The molecule has 1 aromatic rings. The standard InChI is InChI=1S/C17H24N2O2/c20-19(21)16-9-7-8-15(14-16)17(10-3-1-4-11-17)18-12-5-2-6-13-18/h7-9,14H,1-6,10-13H2. The fourth-order valence-electron chi connectivity index (χ4n) is 4.16. The van der Waals surface area contributed by atoms with Crippen molar-refractivity contribution in [2.24, 2.45) is 0 Å². The molecule has 1 aliphatic carbocycles. The first kappa shape index (κ1) is 14.5. The van der Waals surface area contributed by atoms with E-state index in [1.807, 2.05) is 12.1 Å². The quantitative estimate of drug-likeness (QED) is 0.617. The SMILES string of the molecule is O=[N+]([O-])c1cccc(C2(N3CCCCC3)CCCCC2)c1. The lowest BCUT2D eigenvalue weighted by Crippen LogP contribution is -2.49. The molecule has 1 aromatic carbocycles. The number of hydrogen-bond donors (Lipinski definition) is 0. The Morgan fingerprint density at radius 3 is 2.33 bits per heavy atom. The Kier molecular flexibility index (Phi) is 4.24. The van der Waals surface area contributed by atoms with Gasteiger partial charge < -0.3 is 0 Å². The Hall–Kier alpha value is -1.42. The van der Waals surface area contributed by atoms with Crippen LogP contribution in [0.25, 0.3) is 0 Å². The highest BCUT2D eigenvalue weighted by molar-refractivity contribution is 5.38. The van der Waals surface area contributed by atoms with Gasteiger partial charge in [-0.25, -0.2) is 0 Å². The summed E-state index contributed by atoms with van der Waals surface area (Å²) in [5, 5.41) is 11.1. The van der Waals surface area contributed by atoms with Gasteiger partial charge in [-0.15, -0.1) is 0 Å². The van der Waals surface area contributed by atoms with Gasteiger partial charge in [0.05, 0.1) is 4.92 Å². The zero-order chi connectivity index (χ0) is 14.7. The number of hydrogen-bond acceptors (Lipinski definition) is 3. The summed E-state index contributed by atoms with van der Waals surface area (Å²) in [6, 6.07) is 7.39. The number of piperidine rings is 1. The molecule has 0 N–H and O–H groups in total. The van der Waals surface area contributed by atoms with Gasteiger partial charge in [0.15, 0.2) is 0 Å². The minimum atomic E-state index is -0.268. The van der Waals surface area contributed by atoms with E-state index in [-0.39, 0.29) is 16.1 Å². The Morgan fingerprint density at radius 1 is 1.00 bits per heavy atom. The summed E-state index contributed by atoms with van der Waals surface area (Å²) in [4.78, 5) is 13.5. The van der Waals surface area contributed by atoms with Crippen LogP contribution in [-0.2, 0) is 5.54 Å². The van der Waals surface area contributed by atoms with Crippen LogP contribution in [0.15, 0.2) is 24.3 Å². The van der Waals surface area contributed by atoms with Crippen molar-refractivity contribution >= 4 is 5.69 Å². The van der Waals surface area contributed by atoms with E-state index in [1.54, 1.807) is 6.07 Å². The fraction of sp³-hybridized carbons (Fsp3) is 0.647. The van der Waals surface area contributed by atoms with Gasteiger partial charge in [0, 0.05) is 17.7 Å². The zero-order valence-corrected chi connectivity index (χ0v) is 12.6. The molecule has 1 saturated heterocycles. The molecule has 4 nitrogen and oxygen atoms in total. The first-order valence-electron chi connectivity index (χ1n) is 8.22. The topological polar surface area (TPSA) is 46.4 Å². The maximum atomic E-state index is 11.1. The van der Waals surface area contributed by atoms with Crippen LogP contribution in [-0.4, -0.2) is 22.9 Å². The Balaban J connectivity index is 1.98. The zero-order valence-electron chi connectivity index (χ0n) is 12.6. The van der Waals surface area contributed by atoms with E-state index in [0.29, 0.717) is 0 Å². The van der Waals surface area contributed by atoms with Gasteiger partial charge >= 0.3 is 0 Å². The third-order valence-electron chi connectivity index (χ3n) is 5.24. The van der Waals surface area contributed by atoms with Crippen LogP contribution >= 0.6 is 0 Å². The molecule has 0 radical (unpaired) electrons. The minimum Gasteiger partial charge on any atom is -0.294 e. The monoisotopic (exact) mass is 288 g/mol. The summed E-state index contributed by atoms with van der Waals surface area (Å²) >= 11 is 0. The van der Waals surface area contributed by atoms with Crippen molar-refractivity contribution in [2.75, 3.05) is 13.1 Å². The highest BCUT2D eigenvalue weighted by Gasteiger charge is 2.40. The van der Waals surface area contributed by atoms with E-state index >= 15 is 0 Å². The Bertz CT molecular complexity index is 503. The van der Waals surface area contributed by atoms with Crippen molar-refractivity contribution in [2.45, 2.75) is 56.9 Å². The van der Waals surface area contributed by atoms with Crippen LogP contribution in [0.5, 0.6) is 0 Å². The first-order chi connectivity index (χ1) is 10.2. The van der Waals surface area contributed by atoms with Gasteiger partial charge in [-0.05, 0) is 44.3 Å². The summed E-state index contributed by atoms with van der Waals surface area (Å²) in [5.74, 6) is 0.